The van der Waals surface area contributed by atoms with E-state index in [1.165, 1.54) is 7.11 Å². The zero-order chi connectivity index (χ0) is 14.3. The molecule has 1 rings (SSSR count). The Hall–Kier alpha value is -1.16. The molecule has 106 valence electrons. The summed E-state index contributed by atoms with van der Waals surface area (Å²) in [5, 5.41) is 0. The maximum Gasteiger partial charge on any atom is 0.337 e. The maximum atomic E-state index is 11.5. The molecule has 0 aliphatic rings. The quantitative estimate of drug-likeness (QED) is 0.437. The fourth-order valence-corrected chi connectivity index (χ4v) is 2.53. The fraction of sp³-hybridized carbons (Fsp3) is 0.462. The number of ether oxygens (including phenoxy) is 3. The van der Waals surface area contributed by atoms with E-state index < -0.39 is 20.0 Å². The highest BCUT2D eigenvalue weighted by Crippen LogP contribution is 2.38. The lowest BCUT2D eigenvalue weighted by atomic mass is 10.1. The standard InChI is InChI=1S/C13H19O5P/c1-4-17-13(19-15,18-5-2)11-8-6-10(7-9-11)12(14)16-3/h6-9H,4-5,19H2,1-3H3. The summed E-state index contributed by atoms with van der Waals surface area (Å²) in [5.41, 5.74) is -0.152. The molecule has 1 aromatic carbocycles. The number of benzene rings is 1. The minimum Gasteiger partial charge on any atom is -0.465 e. The third kappa shape index (κ3) is 3.66. The number of methoxy groups -OCH3 is 1. The van der Waals surface area contributed by atoms with E-state index in [0.29, 0.717) is 24.3 Å². The molecule has 0 N–H and O–H groups in total. The SMILES string of the molecule is CCOC(OCC)([PH2]=O)c1ccc(C(=O)OC)cc1. The maximum absolute atomic E-state index is 11.5. The van der Waals surface area contributed by atoms with E-state index in [0.717, 1.165) is 0 Å². The summed E-state index contributed by atoms with van der Waals surface area (Å²) in [4.78, 5) is 11.4. The van der Waals surface area contributed by atoms with Crippen molar-refractivity contribution in [2.45, 2.75) is 19.4 Å². The van der Waals surface area contributed by atoms with Gasteiger partial charge in [-0.15, -0.1) is 0 Å². The first kappa shape index (κ1) is 15.9. The number of hydrogen-bond donors (Lipinski definition) is 0. The molecular weight excluding hydrogens is 267 g/mol. The Labute approximate surface area is 114 Å². The molecule has 0 heterocycles. The van der Waals surface area contributed by atoms with E-state index in [2.05, 4.69) is 4.74 Å². The summed E-state index contributed by atoms with van der Waals surface area (Å²) in [6.45, 7) is 4.39. The molecule has 0 bridgehead atoms. The van der Waals surface area contributed by atoms with Gasteiger partial charge in [0, 0.05) is 18.8 Å². The zero-order valence-electron chi connectivity index (χ0n) is 11.3. The van der Waals surface area contributed by atoms with Crippen molar-refractivity contribution in [3.05, 3.63) is 35.4 Å². The number of carbonyl (C=O) groups is 1. The molecule has 1 atom stereocenters. The first-order valence-electron chi connectivity index (χ1n) is 6.06. The predicted octanol–water partition coefficient (Wildman–Crippen LogP) is 2.41. The second-order valence-corrected chi connectivity index (χ2v) is 4.72. The first-order valence-corrected chi connectivity index (χ1v) is 7.11. The topological polar surface area (TPSA) is 61.8 Å². The van der Waals surface area contributed by atoms with E-state index in [1.54, 1.807) is 24.3 Å². The van der Waals surface area contributed by atoms with Crippen molar-refractivity contribution < 1.29 is 23.6 Å². The van der Waals surface area contributed by atoms with Gasteiger partial charge in [-0.2, -0.15) is 0 Å². The van der Waals surface area contributed by atoms with E-state index in [-0.39, 0.29) is 0 Å². The summed E-state index contributed by atoms with van der Waals surface area (Å²) in [6, 6.07) is 6.54. The molecule has 1 unspecified atom stereocenters. The Bertz CT molecular complexity index is 423. The smallest absolute Gasteiger partial charge is 0.337 e. The van der Waals surface area contributed by atoms with Gasteiger partial charge in [0.2, 0.25) is 5.53 Å². The second kappa shape index (κ2) is 7.43. The van der Waals surface area contributed by atoms with Gasteiger partial charge in [-0.25, -0.2) is 4.79 Å². The molecule has 0 saturated carbocycles. The number of hydrogen-bond acceptors (Lipinski definition) is 5. The highest BCUT2D eigenvalue weighted by Gasteiger charge is 2.32. The Kier molecular flexibility index (Phi) is 6.22. The van der Waals surface area contributed by atoms with Gasteiger partial charge in [-0.3, -0.25) is 0 Å². The summed E-state index contributed by atoms with van der Waals surface area (Å²) in [6.07, 6.45) is 0. The molecule has 0 amide bonds. The Balaban J connectivity index is 3.09. The van der Waals surface area contributed by atoms with Crippen LogP contribution < -0.4 is 0 Å². The summed E-state index contributed by atoms with van der Waals surface area (Å²) in [5.74, 6) is -0.417. The number of carbonyl (C=O) groups excluding carboxylic acids is 1. The molecule has 5 nitrogen and oxygen atoms in total. The van der Waals surface area contributed by atoms with E-state index in [9.17, 15) is 9.36 Å². The fourth-order valence-electron chi connectivity index (χ4n) is 1.73. The van der Waals surface area contributed by atoms with Crippen LogP contribution in [0.4, 0.5) is 0 Å². The van der Waals surface area contributed by atoms with Gasteiger partial charge < -0.3 is 18.8 Å². The van der Waals surface area contributed by atoms with Gasteiger partial charge >= 0.3 is 5.97 Å². The van der Waals surface area contributed by atoms with Crippen LogP contribution in [0.1, 0.15) is 29.8 Å². The van der Waals surface area contributed by atoms with Crippen LogP contribution in [-0.4, -0.2) is 26.3 Å². The Morgan fingerprint density at radius 3 is 2.05 bits per heavy atom. The molecule has 0 radical (unpaired) electrons. The molecule has 0 aliphatic carbocycles. The van der Waals surface area contributed by atoms with Gasteiger partial charge in [-0.1, -0.05) is 12.1 Å². The number of rotatable bonds is 7. The van der Waals surface area contributed by atoms with Crippen LogP contribution in [0.2, 0.25) is 0 Å². The second-order valence-electron chi connectivity index (χ2n) is 3.72. The van der Waals surface area contributed by atoms with Gasteiger partial charge in [0.05, 0.1) is 12.7 Å². The van der Waals surface area contributed by atoms with Gasteiger partial charge in [0.1, 0.15) is 8.46 Å². The molecule has 0 spiro atoms. The highest BCUT2D eigenvalue weighted by molar-refractivity contribution is 7.24. The third-order valence-electron chi connectivity index (χ3n) is 2.58. The van der Waals surface area contributed by atoms with Gasteiger partial charge in [0.15, 0.2) is 0 Å². The molecule has 0 fully saturated rings. The van der Waals surface area contributed by atoms with Crippen molar-refractivity contribution in [2.75, 3.05) is 20.3 Å². The summed E-state index contributed by atoms with van der Waals surface area (Å²) in [7, 11) is -0.00558. The predicted molar refractivity (Wildman–Crippen MR) is 73.1 cm³/mol. The van der Waals surface area contributed by atoms with Crippen LogP contribution >= 0.6 is 8.46 Å². The van der Waals surface area contributed by atoms with Gasteiger partial charge in [0.25, 0.3) is 0 Å². The average Bonchev–Trinajstić information content (AvgIpc) is 2.46. The van der Waals surface area contributed by atoms with Crippen molar-refractivity contribution in [1.82, 2.24) is 0 Å². The lowest BCUT2D eigenvalue weighted by molar-refractivity contribution is -0.176. The van der Waals surface area contributed by atoms with Crippen LogP contribution in [0.25, 0.3) is 0 Å². The molecule has 1 aromatic rings. The monoisotopic (exact) mass is 286 g/mol. The first-order chi connectivity index (χ1) is 9.13. The largest absolute Gasteiger partial charge is 0.465 e. The van der Waals surface area contributed by atoms with Crippen molar-refractivity contribution >= 4 is 14.4 Å². The molecule has 6 heteroatoms. The normalized spacial score (nSPS) is 11.9. The lowest BCUT2D eigenvalue weighted by Crippen LogP contribution is -2.27. The lowest BCUT2D eigenvalue weighted by Gasteiger charge is -2.28. The van der Waals surface area contributed by atoms with Crippen molar-refractivity contribution in [1.29, 1.82) is 0 Å². The van der Waals surface area contributed by atoms with Crippen molar-refractivity contribution in [3.8, 4) is 0 Å². The average molecular weight is 286 g/mol. The zero-order valence-corrected chi connectivity index (χ0v) is 12.5. The molecule has 0 aromatic heterocycles. The Morgan fingerprint density at radius 1 is 1.16 bits per heavy atom. The van der Waals surface area contributed by atoms with Crippen LogP contribution in [-0.2, 0) is 24.3 Å². The van der Waals surface area contributed by atoms with Crippen LogP contribution in [0.3, 0.4) is 0 Å². The molecular formula is C13H19O5P. The van der Waals surface area contributed by atoms with E-state index in [1.807, 2.05) is 13.8 Å². The third-order valence-corrected chi connectivity index (χ3v) is 3.56. The minimum absolute atomic E-state index is 0.383. The number of esters is 1. The van der Waals surface area contributed by atoms with Crippen LogP contribution in [0.5, 0.6) is 0 Å². The van der Waals surface area contributed by atoms with E-state index >= 15 is 0 Å². The van der Waals surface area contributed by atoms with Gasteiger partial charge in [-0.05, 0) is 26.0 Å². The van der Waals surface area contributed by atoms with E-state index in [4.69, 9.17) is 9.47 Å². The van der Waals surface area contributed by atoms with Crippen LogP contribution in [0.15, 0.2) is 24.3 Å². The van der Waals surface area contributed by atoms with Crippen LogP contribution in [0, 0.1) is 0 Å². The summed E-state index contributed by atoms with van der Waals surface area (Å²) < 4.78 is 27.2. The van der Waals surface area contributed by atoms with Crippen molar-refractivity contribution in [3.63, 3.8) is 0 Å². The molecule has 19 heavy (non-hydrogen) atoms. The van der Waals surface area contributed by atoms with Crippen molar-refractivity contribution in [2.24, 2.45) is 0 Å². The molecule has 0 saturated heterocycles. The highest BCUT2D eigenvalue weighted by atomic mass is 31.1. The molecule has 0 aliphatic heterocycles. The summed E-state index contributed by atoms with van der Waals surface area (Å²) >= 11 is 0. The minimum atomic E-state index is -1.33. The Morgan fingerprint density at radius 2 is 1.68 bits per heavy atom.